The zero-order valence-electron chi connectivity index (χ0n) is 14.5. The van der Waals surface area contributed by atoms with E-state index in [0.717, 1.165) is 16.8 Å². The Hall–Kier alpha value is -2.90. The summed E-state index contributed by atoms with van der Waals surface area (Å²) < 4.78 is 5.06. The van der Waals surface area contributed by atoms with Crippen LogP contribution in [0.3, 0.4) is 0 Å². The molecule has 0 aliphatic rings. The van der Waals surface area contributed by atoms with Crippen molar-refractivity contribution in [3.05, 3.63) is 35.2 Å². The predicted octanol–water partition coefficient (Wildman–Crippen LogP) is 1.88. The molecule has 1 aromatic heterocycles. The first-order valence-corrected chi connectivity index (χ1v) is 7.48. The Kier molecular flexibility index (Phi) is 5.51. The molecule has 0 aliphatic heterocycles. The highest BCUT2D eigenvalue weighted by atomic mass is 16.5. The van der Waals surface area contributed by atoms with E-state index in [2.05, 4.69) is 25.6 Å². The van der Waals surface area contributed by atoms with Crippen LogP contribution in [0.5, 0.6) is 6.01 Å². The summed E-state index contributed by atoms with van der Waals surface area (Å²) >= 11 is 0. The second kappa shape index (κ2) is 7.58. The quantitative estimate of drug-likeness (QED) is 0.870. The largest absolute Gasteiger partial charge is 0.467 e. The van der Waals surface area contributed by atoms with Gasteiger partial charge in [-0.3, -0.25) is 0 Å². The molecule has 1 heterocycles. The van der Waals surface area contributed by atoms with Gasteiger partial charge in [-0.1, -0.05) is 12.1 Å². The second-order valence-corrected chi connectivity index (χ2v) is 5.49. The summed E-state index contributed by atoms with van der Waals surface area (Å²) in [5, 5.41) is 5.56. The highest BCUT2D eigenvalue weighted by Crippen LogP contribution is 2.17. The molecule has 24 heavy (non-hydrogen) atoms. The SMILES string of the molecule is COc1nc(CNC(=O)Nc2cccc(C)c2C)nc(N(C)C)n1. The minimum absolute atomic E-state index is 0.163. The van der Waals surface area contributed by atoms with Gasteiger partial charge in [0, 0.05) is 19.8 Å². The fourth-order valence-corrected chi connectivity index (χ4v) is 1.97. The molecule has 0 unspecified atom stereocenters. The number of amides is 2. The summed E-state index contributed by atoms with van der Waals surface area (Å²) in [7, 11) is 5.12. The smallest absolute Gasteiger partial charge is 0.321 e. The summed E-state index contributed by atoms with van der Waals surface area (Å²) in [6.07, 6.45) is 0. The molecule has 0 aliphatic carbocycles. The third kappa shape index (κ3) is 4.31. The Morgan fingerprint density at radius 2 is 1.96 bits per heavy atom. The van der Waals surface area contributed by atoms with Crippen LogP contribution in [0.4, 0.5) is 16.4 Å². The van der Waals surface area contributed by atoms with Crippen molar-refractivity contribution in [1.82, 2.24) is 20.3 Å². The van der Waals surface area contributed by atoms with Gasteiger partial charge in [0.15, 0.2) is 5.82 Å². The number of rotatable bonds is 5. The number of hydrogen-bond acceptors (Lipinski definition) is 6. The molecule has 8 heteroatoms. The number of aryl methyl sites for hydroxylation is 1. The van der Waals surface area contributed by atoms with Gasteiger partial charge in [0.25, 0.3) is 0 Å². The normalized spacial score (nSPS) is 10.2. The Morgan fingerprint density at radius 3 is 2.62 bits per heavy atom. The minimum atomic E-state index is -0.325. The van der Waals surface area contributed by atoms with Crippen molar-refractivity contribution in [2.24, 2.45) is 0 Å². The average Bonchev–Trinajstić information content (AvgIpc) is 2.56. The van der Waals surface area contributed by atoms with Crippen LogP contribution >= 0.6 is 0 Å². The summed E-state index contributed by atoms with van der Waals surface area (Å²) in [4.78, 5) is 26.4. The molecular formula is C16H22N6O2. The lowest BCUT2D eigenvalue weighted by molar-refractivity contribution is 0.251. The molecule has 0 saturated carbocycles. The van der Waals surface area contributed by atoms with Crippen LogP contribution in [0.1, 0.15) is 17.0 Å². The van der Waals surface area contributed by atoms with Gasteiger partial charge < -0.3 is 20.3 Å². The molecule has 2 amide bonds. The third-order valence-electron chi connectivity index (χ3n) is 3.49. The molecule has 0 radical (unpaired) electrons. The van der Waals surface area contributed by atoms with E-state index >= 15 is 0 Å². The number of aromatic nitrogens is 3. The Balaban J connectivity index is 2.03. The van der Waals surface area contributed by atoms with Gasteiger partial charge in [0.2, 0.25) is 5.95 Å². The lowest BCUT2D eigenvalue weighted by atomic mass is 10.1. The zero-order valence-corrected chi connectivity index (χ0v) is 14.5. The topological polar surface area (TPSA) is 92.3 Å². The molecule has 0 spiro atoms. The first-order valence-electron chi connectivity index (χ1n) is 7.48. The maximum Gasteiger partial charge on any atom is 0.321 e. The van der Waals surface area contributed by atoms with E-state index in [1.165, 1.54) is 7.11 Å². The Labute approximate surface area is 141 Å². The van der Waals surface area contributed by atoms with Crippen LogP contribution in [-0.4, -0.2) is 42.2 Å². The van der Waals surface area contributed by atoms with Gasteiger partial charge in [0.05, 0.1) is 13.7 Å². The molecule has 1 aromatic carbocycles. The molecule has 0 bridgehead atoms. The minimum Gasteiger partial charge on any atom is -0.467 e. The number of nitrogens with zero attached hydrogens (tertiary/aromatic N) is 4. The van der Waals surface area contributed by atoms with E-state index in [4.69, 9.17) is 4.74 Å². The van der Waals surface area contributed by atoms with Crippen LogP contribution in [-0.2, 0) is 6.54 Å². The highest BCUT2D eigenvalue weighted by Gasteiger charge is 2.10. The maximum atomic E-state index is 12.1. The molecule has 0 fully saturated rings. The zero-order chi connectivity index (χ0) is 17.7. The van der Waals surface area contributed by atoms with Crippen LogP contribution in [0.2, 0.25) is 0 Å². The van der Waals surface area contributed by atoms with Gasteiger partial charge in [-0.25, -0.2) is 4.79 Å². The van der Waals surface area contributed by atoms with Crippen molar-refractivity contribution in [2.75, 3.05) is 31.4 Å². The molecule has 128 valence electrons. The lowest BCUT2D eigenvalue weighted by Crippen LogP contribution is -2.29. The molecule has 0 atom stereocenters. The number of methoxy groups -OCH3 is 1. The summed E-state index contributed by atoms with van der Waals surface area (Å²) in [5.74, 6) is 0.884. The number of benzene rings is 1. The predicted molar refractivity (Wildman–Crippen MR) is 92.5 cm³/mol. The van der Waals surface area contributed by atoms with Crippen molar-refractivity contribution < 1.29 is 9.53 Å². The Morgan fingerprint density at radius 1 is 1.21 bits per heavy atom. The summed E-state index contributed by atoms with van der Waals surface area (Å²) in [5.41, 5.74) is 2.92. The third-order valence-corrected chi connectivity index (χ3v) is 3.49. The number of urea groups is 1. The van der Waals surface area contributed by atoms with Gasteiger partial charge in [-0.2, -0.15) is 15.0 Å². The number of ether oxygens (including phenoxy) is 1. The van der Waals surface area contributed by atoms with Crippen LogP contribution in [0, 0.1) is 13.8 Å². The van der Waals surface area contributed by atoms with E-state index in [0.29, 0.717) is 11.8 Å². The number of carbonyl (C=O) groups excluding carboxylic acids is 1. The van der Waals surface area contributed by atoms with Crippen molar-refractivity contribution in [3.63, 3.8) is 0 Å². The van der Waals surface area contributed by atoms with E-state index in [1.807, 2.05) is 46.1 Å². The molecule has 2 N–H and O–H groups in total. The van der Waals surface area contributed by atoms with Gasteiger partial charge in [-0.05, 0) is 31.0 Å². The first-order chi connectivity index (χ1) is 11.4. The number of carbonyl (C=O) groups is 1. The maximum absolute atomic E-state index is 12.1. The van der Waals surface area contributed by atoms with Crippen LogP contribution in [0.25, 0.3) is 0 Å². The summed E-state index contributed by atoms with van der Waals surface area (Å²) in [6.45, 7) is 4.12. The fraction of sp³-hybridized carbons (Fsp3) is 0.375. The van der Waals surface area contributed by atoms with E-state index in [-0.39, 0.29) is 18.6 Å². The standard InChI is InChI=1S/C16H22N6O2/c1-10-7-6-8-12(11(10)2)18-15(23)17-9-13-19-14(22(3)4)21-16(20-13)24-5/h6-8H,9H2,1-5H3,(H2,17,18,23). The first kappa shape index (κ1) is 17.5. The number of nitrogens with one attached hydrogen (secondary N) is 2. The van der Waals surface area contributed by atoms with Crippen LogP contribution < -0.4 is 20.3 Å². The fourth-order valence-electron chi connectivity index (χ4n) is 1.97. The van der Waals surface area contributed by atoms with E-state index in [1.54, 1.807) is 4.90 Å². The Bertz CT molecular complexity index is 733. The van der Waals surface area contributed by atoms with Crippen molar-refractivity contribution in [1.29, 1.82) is 0 Å². The van der Waals surface area contributed by atoms with Crippen LogP contribution in [0.15, 0.2) is 18.2 Å². The average molecular weight is 330 g/mol. The van der Waals surface area contributed by atoms with Gasteiger partial charge >= 0.3 is 12.0 Å². The molecule has 8 nitrogen and oxygen atoms in total. The van der Waals surface area contributed by atoms with Crippen molar-refractivity contribution in [3.8, 4) is 6.01 Å². The van der Waals surface area contributed by atoms with Gasteiger partial charge in [0.1, 0.15) is 0 Å². The second-order valence-electron chi connectivity index (χ2n) is 5.49. The molecule has 0 saturated heterocycles. The van der Waals surface area contributed by atoms with Gasteiger partial charge in [-0.15, -0.1) is 0 Å². The van der Waals surface area contributed by atoms with Crippen molar-refractivity contribution >= 4 is 17.7 Å². The van der Waals surface area contributed by atoms with E-state index < -0.39 is 0 Å². The number of hydrogen-bond donors (Lipinski definition) is 2. The van der Waals surface area contributed by atoms with Crippen molar-refractivity contribution in [2.45, 2.75) is 20.4 Å². The highest BCUT2D eigenvalue weighted by molar-refractivity contribution is 5.90. The van der Waals surface area contributed by atoms with E-state index in [9.17, 15) is 4.79 Å². The monoisotopic (exact) mass is 330 g/mol. The molecule has 2 aromatic rings. The summed E-state index contributed by atoms with van der Waals surface area (Å²) in [6, 6.07) is 5.64. The lowest BCUT2D eigenvalue weighted by Gasteiger charge is -2.13. The molecular weight excluding hydrogens is 308 g/mol. The molecule has 2 rings (SSSR count). The number of anilines is 2.